The van der Waals surface area contributed by atoms with Crippen LogP contribution in [0.3, 0.4) is 0 Å². The van der Waals surface area contributed by atoms with Gasteiger partial charge in [0.2, 0.25) is 5.91 Å². The number of likely N-dealkylation sites (tertiary alicyclic amines) is 1. The van der Waals surface area contributed by atoms with Crippen molar-refractivity contribution in [3.63, 3.8) is 0 Å². The molecule has 5 nitrogen and oxygen atoms in total. The van der Waals surface area contributed by atoms with Crippen LogP contribution < -0.4 is 10.1 Å². The Morgan fingerprint density at radius 3 is 2.58 bits per heavy atom. The predicted octanol–water partition coefficient (Wildman–Crippen LogP) is 4.25. The van der Waals surface area contributed by atoms with Crippen molar-refractivity contribution < 1.29 is 14.3 Å². The minimum Gasteiger partial charge on any atom is -0.497 e. The first kappa shape index (κ1) is 18.5. The largest absolute Gasteiger partial charge is 0.497 e. The van der Waals surface area contributed by atoms with Crippen LogP contribution in [0.5, 0.6) is 5.75 Å². The molecule has 1 fully saturated rings. The standard InChI is InChI=1S/C19H18Cl2N2O3/c1-26-14-7-5-13(6-8-14)22-18(24)17-3-2-10-23(17)19(25)15-11-12(20)4-9-16(15)21/h4-9,11,17H,2-3,10H2,1H3,(H,22,24). The number of nitrogens with one attached hydrogen (secondary N) is 1. The van der Waals surface area contributed by atoms with Gasteiger partial charge in [-0.2, -0.15) is 0 Å². The second kappa shape index (κ2) is 7.98. The topological polar surface area (TPSA) is 58.6 Å². The maximum Gasteiger partial charge on any atom is 0.256 e. The highest BCUT2D eigenvalue weighted by Gasteiger charge is 2.35. The highest BCUT2D eigenvalue weighted by molar-refractivity contribution is 6.35. The number of rotatable bonds is 4. The van der Waals surface area contributed by atoms with Crippen LogP contribution >= 0.6 is 23.2 Å². The molecular weight excluding hydrogens is 375 g/mol. The van der Waals surface area contributed by atoms with E-state index in [0.717, 1.165) is 6.42 Å². The Labute approximate surface area is 161 Å². The highest BCUT2D eigenvalue weighted by atomic mass is 35.5. The van der Waals surface area contributed by atoms with E-state index in [-0.39, 0.29) is 11.8 Å². The summed E-state index contributed by atoms with van der Waals surface area (Å²) in [5.74, 6) is 0.195. The van der Waals surface area contributed by atoms with Crippen LogP contribution in [0.2, 0.25) is 10.0 Å². The Bertz CT molecular complexity index is 824. The molecular formula is C19H18Cl2N2O3. The zero-order valence-electron chi connectivity index (χ0n) is 14.2. The lowest BCUT2D eigenvalue weighted by atomic mass is 10.1. The molecule has 3 rings (SSSR count). The van der Waals surface area contributed by atoms with Gasteiger partial charge in [-0.1, -0.05) is 23.2 Å². The highest BCUT2D eigenvalue weighted by Crippen LogP contribution is 2.27. The number of nitrogens with zero attached hydrogens (tertiary/aromatic N) is 1. The van der Waals surface area contributed by atoms with Crippen molar-refractivity contribution in [1.29, 1.82) is 0 Å². The second-order valence-corrected chi connectivity index (χ2v) is 6.84. The van der Waals surface area contributed by atoms with Gasteiger partial charge in [-0.05, 0) is 55.3 Å². The van der Waals surface area contributed by atoms with Gasteiger partial charge in [0.1, 0.15) is 11.8 Å². The summed E-state index contributed by atoms with van der Waals surface area (Å²) in [5.41, 5.74) is 0.958. The molecule has 0 saturated carbocycles. The van der Waals surface area contributed by atoms with Crippen molar-refractivity contribution in [3.8, 4) is 5.75 Å². The Kier molecular flexibility index (Phi) is 5.69. The molecule has 7 heteroatoms. The fourth-order valence-electron chi connectivity index (χ4n) is 3.00. The Morgan fingerprint density at radius 1 is 1.15 bits per heavy atom. The van der Waals surface area contributed by atoms with E-state index in [0.29, 0.717) is 40.0 Å². The number of amides is 2. The van der Waals surface area contributed by atoms with Crippen LogP contribution in [0.25, 0.3) is 0 Å². The lowest BCUT2D eigenvalue weighted by Crippen LogP contribution is -2.43. The maximum absolute atomic E-state index is 12.9. The van der Waals surface area contributed by atoms with Gasteiger partial charge in [0.15, 0.2) is 0 Å². The number of halogens is 2. The monoisotopic (exact) mass is 392 g/mol. The first-order chi connectivity index (χ1) is 12.5. The minimum atomic E-state index is -0.542. The number of hydrogen-bond acceptors (Lipinski definition) is 3. The predicted molar refractivity (Wildman–Crippen MR) is 102 cm³/mol. The molecule has 2 aromatic rings. The van der Waals surface area contributed by atoms with E-state index < -0.39 is 6.04 Å². The Hall–Kier alpha value is -2.24. The summed E-state index contributed by atoms with van der Waals surface area (Å²) in [6, 6.07) is 11.2. The lowest BCUT2D eigenvalue weighted by Gasteiger charge is -2.24. The molecule has 2 aromatic carbocycles. The smallest absolute Gasteiger partial charge is 0.256 e. The van der Waals surface area contributed by atoms with E-state index >= 15 is 0 Å². The van der Waals surface area contributed by atoms with Gasteiger partial charge in [0.05, 0.1) is 17.7 Å². The molecule has 1 N–H and O–H groups in total. The molecule has 0 aromatic heterocycles. The van der Waals surface area contributed by atoms with E-state index in [1.807, 2.05) is 0 Å². The average Bonchev–Trinajstić information content (AvgIpc) is 3.13. The average molecular weight is 393 g/mol. The number of carbonyl (C=O) groups is 2. The molecule has 1 aliphatic rings. The van der Waals surface area contributed by atoms with Crippen LogP contribution in [-0.4, -0.2) is 36.4 Å². The van der Waals surface area contributed by atoms with Crippen molar-refractivity contribution in [3.05, 3.63) is 58.1 Å². The maximum atomic E-state index is 12.9. The fraction of sp³-hybridized carbons (Fsp3) is 0.263. The number of benzene rings is 2. The second-order valence-electron chi connectivity index (χ2n) is 6.00. The SMILES string of the molecule is COc1ccc(NC(=O)C2CCCN2C(=O)c2cc(Cl)ccc2Cl)cc1. The zero-order valence-corrected chi connectivity index (χ0v) is 15.7. The number of anilines is 1. The molecule has 1 atom stereocenters. The van der Waals surface area contributed by atoms with Crippen LogP contribution in [0.1, 0.15) is 23.2 Å². The molecule has 0 bridgehead atoms. The van der Waals surface area contributed by atoms with Crippen LogP contribution in [0, 0.1) is 0 Å². The van der Waals surface area contributed by atoms with E-state index in [1.165, 1.54) is 6.07 Å². The van der Waals surface area contributed by atoms with E-state index in [2.05, 4.69) is 5.32 Å². The molecule has 1 aliphatic heterocycles. The molecule has 2 amide bonds. The minimum absolute atomic E-state index is 0.223. The van der Waals surface area contributed by atoms with Gasteiger partial charge in [-0.15, -0.1) is 0 Å². The van der Waals surface area contributed by atoms with Crippen molar-refractivity contribution >= 4 is 40.7 Å². The first-order valence-corrected chi connectivity index (χ1v) is 8.96. The summed E-state index contributed by atoms with van der Waals surface area (Å²) >= 11 is 12.1. The van der Waals surface area contributed by atoms with E-state index in [9.17, 15) is 9.59 Å². The van der Waals surface area contributed by atoms with E-state index in [1.54, 1.807) is 48.4 Å². The molecule has 0 radical (unpaired) electrons. The van der Waals surface area contributed by atoms with Crippen molar-refractivity contribution in [2.75, 3.05) is 19.0 Å². The van der Waals surface area contributed by atoms with Gasteiger partial charge in [0.25, 0.3) is 5.91 Å². The number of carbonyl (C=O) groups excluding carboxylic acids is 2. The normalized spacial score (nSPS) is 16.4. The quantitative estimate of drug-likeness (QED) is 0.845. The molecule has 1 heterocycles. The first-order valence-electron chi connectivity index (χ1n) is 8.20. The van der Waals surface area contributed by atoms with Gasteiger partial charge < -0.3 is 15.0 Å². The number of hydrogen-bond donors (Lipinski definition) is 1. The molecule has 0 spiro atoms. The summed E-state index contributed by atoms with van der Waals surface area (Å²) in [4.78, 5) is 27.1. The van der Waals surface area contributed by atoms with Gasteiger partial charge in [-0.25, -0.2) is 0 Å². The third-order valence-corrected chi connectivity index (χ3v) is 4.90. The van der Waals surface area contributed by atoms with Crippen molar-refractivity contribution in [2.45, 2.75) is 18.9 Å². The molecule has 0 aliphatic carbocycles. The summed E-state index contributed by atoms with van der Waals surface area (Å²) in [6.07, 6.45) is 1.36. The van der Waals surface area contributed by atoms with Crippen molar-refractivity contribution in [2.24, 2.45) is 0 Å². The van der Waals surface area contributed by atoms with Crippen LogP contribution in [-0.2, 0) is 4.79 Å². The summed E-state index contributed by atoms with van der Waals surface area (Å²) in [6.45, 7) is 0.502. The summed E-state index contributed by atoms with van der Waals surface area (Å²) < 4.78 is 5.10. The van der Waals surface area contributed by atoms with Crippen LogP contribution in [0.15, 0.2) is 42.5 Å². The Balaban J connectivity index is 1.75. The Morgan fingerprint density at radius 2 is 1.88 bits per heavy atom. The third kappa shape index (κ3) is 3.94. The third-order valence-electron chi connectivity index (χ3n) is 4.33. The molecule has 1 saturated heterocycles. The lowest BCUT2D eigenvalue weighted by molar-refractivity contribution is -0.119. The fourth-order valence-corrected chi connectivity index (χ4v) is 3.37. The van der Waals surface area contributed by atoms with Gasteiger partial charge in [-0.3, -0.25) is 9.59 Å². The van der Waals surface area contributed by atoms with Crippen molar-refractivity contribution in [1.82, 2.24) is 4.90 Å². The van der Waals surface area contributed by atoms with E-state index in [4.69, 9.17) is 27.9 Å². The summed E-state index contributed by atoms with van der Waals surface area (Å²) in [7, 11) is 1.58. The molecule has 1 unspecified atom stereocenters. The zero-order chi connectivity index (χ0) is 18.7. The van der Waals surface area contributed by atoms with Gasteiger partial charge >= 0.3 is 0 Å². The molecule has 26 heavy (non-hydrogen) atoms. The number of methoxy groups -OCH3 is 1. The van der Waals surface area contributed by atoms with Gasteiger partial charge in [0, 0.05) is 17.3 Å². The summed E-state index contributed by atoms with van der Waals surface area (Å²) in [5, 5.41) is 3.60. The van der Waals surface area contributed by atoms with Crippen LogP contribution in [0.4, 0.5) is 5.69 Å². The molecule has 136 valence electrons. The number of ether oxygens (including phenoxy) is 1.